The third-order valence-electron chi connectivity index (χ3n) is 4.92. The molecule has 132 valence electrons. The van der Waals surface area contributed by atoms with Crippen molar-refractivity contribution >= 4 is 16.8 Å². The van der Waals surface area contributed by atoms with Crippen LogP contribution in [0, 0.1) is 0 Å². The van der Waals surface area contributed by atoms with Gasteiger partial charge in [-0.25, -0.2) is 0 Å². The molecule has 3 aromatic rings. The summed E-state index contributed by atoms with van der Waals surface area (Å²) < 4.78 is 0. The number of carbonyl (C=O) groups is 1. The number of benzene rings is 1. The van der Waals surface area contributed by atoms with Gasteiger partial charge in [0.1, 0.15) is 0 Å². The lowest BCUT2D eigenvalue weighted by molar-refractivity contribution is 0.0692. The number of fused-ring (bicyclic) bond motifs is 1. The van der Waals surface area contributed by atoms with Crippen LogP contribution in [0.2, 0.25) is 0 Å². The second-order valence-electron chi connectivity index (χ2n) is 7.27. The maximum Gasteiger partial charge on any atom is 0.255 e. The summed E-state index contributed by atoms with van der Waals surface area (Å²) in [5.74, 6) is 0.571. The van der Waals surface area contributed by atoms with Crippen LogP contribution in [-0.2, 0) is 6.54 Å². The van der Waals surface area contributed by atoms with Crippen molar-refractivity contribution in [2.45, 2.75) is 45.2 Å². The highest BCUT2D eigenvalue weighted by molar-refractivity contribution is 6.06. The van der Waals surface area contributed by atoms with Crippen LogP contribution < -0.4 is 0 Å². The number of rotatable bonds is 5. The second-order valence-corrected chi connectivity index (χ2v) is 7.27. The number of amides is 1. The standard InChI is InChI=1S/C22H23N3O/c1-15(2)25(14-16-6-5-11-23-13-16)22(26)19-12-21(17-9-10-17)24-20-8-4-3-7-18(19)20/h3-8,11-13,15,17H,9-10,14H2,1-2H3. The monoisotopic (exact) mass is 345 g/mol. The Morgan fingerprint density at radius 3 is 2.69 bits per heavy atom. The van der Waals surface area contributed by atoms with E-state index in [2.05, 4.69) is 18.8 Å². The normalized spacial score (nSPS) is 14.0. The fraction of sp³-hybridized carbons (Fsp3) is 0.318. The fourth-order valence-electron chi connectivity index (χ4n) is 3.29. The van der Waals surface area contributed by atoms with Crippen molar-refractivity contribution in [1.29, 1.82) is 0 Å². The molecule has 4 nitrogen and oxygen atoms in total. The molecular formula is C22H23N3O. The molecule has 0 aliphatic heterocycles. The van der Waals surface area contributed by atoms with Gasteiger partial charge >= 0.3 is 0 Å². The maximum atomic E-state index is 13.5. The quantitative estimate of drug-likeness (QED) is 0.681. The van der Waals surface area contributed by atoms with Gasteiger partial charge in [0.2, 0.25) is 0 Å². The molecule has 2 aromatic heterocycles. The van der Waals surface area contributed by atoms with Crippen molar-refractivity contribution in [3.63, 3.8) is 0 Å². The molecule has 26 heavy (non-hydrogen) atoms. The van der Waals surface area contributed by atoms with Gasteiger partial charge in [-0.15, -0.1) is 0 Å². The predicted octanol–water partition coefficient (Wildman–Crippen LogP) is 4.56. The molecule has 0 unspecified atom stereocenters. The molecule has 0 radical (unpaired) electrons. The smallest absolute Gasteiger partial charge is 0.255 e. The topological polar surface area (TPSA) is 46.1 Å². The number of hydrogen-bond acceptors (Lipinski definition) is 3. The Labute approximate surface area is 153 Å². The van der Waals surface area contributed by atoms with Gasteiger partial charge in [-0.05, 0) is 50.5 Å². The van der Waals surface area contributed by atoms with Gasteiger partial charge < -0.3 is 4.90 Å². The van der Waals surface area contributed by atoms with Crippen LogP contribution in [0.25, 0.3) is 10.9 Å². The first-order chi connectivity index (χ1) is 12.6. The Hall–Kier alpha value is -2.75. The molecule has 0 atom stereocenters. The van der Waals surface area contributed by atoms with Gasteiger partial charge in [-0.2, -0.15) is 0 Å². The van der Waals surface area contributed by atoms with Crippen LogP contribution >= 0.6 is 0 Å². The molecule has 1 aromatic carbocycles. The molecule has 2 heterocycles. The molecule has 1 saturated carbocycles. The average Bonchev–Trinajstić information content (AvgIpc) is 3.50. The summed E-state index contributed by atoms with van der Waals surface area (Å²) in [5.41, 5.74) is 3.76. The van der Waals surface area contributed by atoms with Gasteiger partial charge in [0.15, 0.2) is 0 Å². The van der Waals surface area contributed by atoms with Gasteiger partial charge in [0, 0.05) is 42.0 Å². The van der Waals surface area contributed by atoms with Gasteiger partial charge in [-0.1, -0.05) is 24.3 Å². The Morgan fingerprint density at radius 2 is 2.00 bits per heavy atom. The summed E-state index contributed by atoms with van der Waals surface area (Å²) >= 11 is 0. The SMILES string of the molecule is CC(C)N(Cc1cccnc1)C(=O)c1cc(C2CC2)nc2ccccc12. The lowest BCUT2D eigenvalue weighted by Gasteiger charge is -2.27. The highest BCUT2D eigenvalue weighted by atomic mass is 16.2. The van der Waals surface area contributed by atoms with Crippen molar-refractivity contribution in [1.82, 2.24) is 14.9 Å². The molecule has 0 bridgehead atoms. The largest absolute Gasteiger partial charge is 0.332 e. The highest BCUT2D eigenvalue weighted by Gasteiger charge is 2.28. The van der Waals surface area contributed by atoms with Crippen molar-refractivity contribution in [3.05, 3.63) is 71.7 Å². The molecule has 0 spiro atoms. The molecular weight excluding hydrogens is 322 g/mol. The van der Waals surface area contributed by atoms with E-state index in [1.165, 1.54) is 12.8 Å². The summed E-state index contributed by atoms with van der Waals surface area (Å²) in [6, 6.07) is 14.0. The van der Waals surface area contributed by atoms with Crippen molar-refractivity contribution in [3.8, 4) is 0 Å². The third-order valence-corrected chi connectivity index (χ3v) is 4.92. The van der Waals surface area contributed by atoms with Crippen LogP contribution in [0.5, 0.6) is 0 Å². The van der Waals surface area contributed by atoms with Crippen LogP contribution in [0.4, 0.5) is 0 Å². The second kappa shape index (κ2) is 6.87. The van der Waals surface area contributed by atoms with Gasteiger partial charge in [-0.3, -0.25) is 14.8 Å². The molecule has 4 heteroatoms. The Balaban J connectivity index is 1.75. The molecule has 0 saturated heterocycles. The number of nitrogens with zero attached hydrogens (tertiary/aromatic N) is 3. The number of carbonyl (C=O) groups excluding carboxylic acids is 1. The molecule has 1 amide bonds. The van der Waals surface area contributed by atoms with E-state index >= 15 is 0 Å². The van der Waals surface area contributed by atoms with E-state index in [1.54, 1.807) is 6.20 Å². The van der Waals surface area contributed by atoms with Crippen molar-refractivity contribution < 1.29 is 4.79 Å². The zero-order valence-corrected chi connectivity index (χ0v) is 15.2. The molecule has 1 aliphatic rings. The molecule has 1 aliphatic carbocycles. The maximum absolute atomic E-state index is 13.5. The first-order valence-electron chi connectivity index (χ1n) is 9.23. The van der Waals surface area contributed by atoms with Crippen molar-refractivity contribution in [2.75, 3.05) is 0 Å². The minimum Gasteiger partial charge on any atom is -0.332 e. The lowest BCUT2D eigenvalue weighted by Crippen LogP contribution is -2.36. The average molecular weight is 345 g/mol. The minimum atomic E-state index is 0.0596. The number of para-hydroxylation sites is 1. The van der Waals surface area contributed by atoms with E-state index < -0.39 is 0 Å². The fourth-order valence-corrected chi connectivity index (χ4v) is 3.29. The van der Waals surface area contributed by atoms with Crippen LogP contribution in [0.15, 0.2) is 54.9 Å². The van der Waals surface area contributed by atoms with Crippen LogP contribution in [-0.4, -0.2) is 26.8 Å². The van der Waals surface area contributed by atoms with Crippen LogP contribution in [0.1, 0.15) is 54.2 Å². The zero-order valence-electron chi connectivity index (χ0n) is 15.2. The van der Waals surface area contributed by atoms with Gasteiger partial charge in [0.05, 0.1) is 11.1 Å². The van der Waals surface area contributed by atoms with E-state index in [-0.39, 0.29) is 11.9 Å². The first-order valence-corrected chi connectivity index (χ1v) is 9.23. The Kier molecular flexibility index (Phi) is 4.41. The zero-order chi connectivity index (χ0) is 18.1. The summed E-state index contributed by atoms with van der Waals surface area (Å²) in [6.45, 7) is 4.67. The molecule has 0 N–H and O–H groups in total. The van der Waals surface area contributed by atoms with E-state index in [4.69, 9.17) is 4.98 Å². The van der Waals surface area contributed by atoms with Crippen molar-refractivity contribution in [2.24, 2.45) is 0 Å². The molecule has 1 fully saturated rings. The highest BCUT2D eigenvalue weighted by Crippen LogP contribution is 2.40. The summed E-state index contributed by atoms with van der Waals surface area (Å²) in [6.07, 6.45) is 5.91. The van der Waals surface area contributed by atoms with E-state index in [9.17, 15) is 4.79 Å². The minimum absolute atomic E-state index is 0.0596. The Bertz CT molecular complexity index is 933. The number of hydrogen-bond donors (Lipinski definition) is 0. The van der Waals surface area contributed by atoms with E-state index in [1.807, 2.05) is 53.6 Å². The number of pyridine rings is 2. The molecule has 4 rings (SSSR count). The van der Waals surface area contributed by atoms with E-state index in [0.717, 1.165) is 27.7 Å². The summed E-state index contributed by atoms with van der Waals surface area (Å²) in [5, 5.41) is 0.929. The van der Waals surface area contributed by atoms with Gasteiger partial charge in [0.25, 0.3) is 5.91 Å². The number of aromatic nitrogens is 2. The third kappa shape index (κ3) is 3.32. The van der Waals surface area contributed by atoms with E-state index in [0.29, 0.717) is 12.5 Å². The summed E-state index contributed by atoms with van der Waals surface area (Å²) in [7, 11) is 0. The predicted molar refractivity (Wildman–Crippen MR) is 103 cm³/mol. The van der Waals surface area contributed by atoms with Crippen LogP contribution in [0.3, 0.4) is 0 Å². The first kappa shape index (κ1) is 16.7. The lowest BCUT2D eigenvalue weighted by atomic mass is 10.0. The Morgan fingerprint density at radius 1 is 1.19 bits per heavy atom. The summed E-state index contributed by atoms with van der Waals surface area (Å²) in [4.78, 5) is 24.4.